The van der Waals surface area contributed by atoms with Crippen LogP contribution in [0, 0.1) is 11.3 Å². The van der Waals surface area contributed by atoms with Crippen LogP contribution in [0.2, 0.25) is 0 Å². The zero-order chi connectivity index (χ0) is 22.2. The van der Waals surface area contributed by atoms with Crippen LogP contribution < -0.4 is 10.1 Å². The molecule has 0 spiro atoms. The lowest BCUT2D eigenvalue weighted by atomic mass is 9.95. The number of pyridine rings is 1. The third-order valence-corrected chi connectivity index (χ3v) is 6.95. The number of amides is 1. The van der Waals surface area contributed by atoms with Gasteiger partial charge in [-0.25, -0.2) is 13.4 Å². The summed E-state index contributed by atoms with van der Waals surface area (Å²) in [5.41, 5.74) is 1.35. The van der Waals surface area contributed by atoms with Crippen LogP contribution in [-0.2, 0) is 9.84 Å². The van der Waals surface area contributed by atoms with Crippen molar-refractivity contribution in [2.45, 2.75) is 12.1 Å². The summed E-state index contributed by atoms with van der Waals surface area (Å²) in [5.74, 6) is -0.866. The molecule has 4 rings (SSSR count). The maximum atomic E-state index is 13.0. The van der Waals surface area contributed by atoms with Gasteiger partial charge in [-0.15, -0.1) is 0 Å². The molecule has 0 unspecified atom stereocenters. The first-order valence-electron chi connectivity index (χ1n) is 9.49. The van der Waals surface area contributed by atoms with Crippen LogP contribution in [0.1, 0.15) is 16.2 Å². The minimum atomic E-state index is -3.43. The molecule has 2 aromatic carbocycles. The number of aromatic nitrogens is 1. The standard InChI is InChI=1S/C22H19N3O5S/c1-30-14-7-8-15-16(9-14)20(13-5-3-2-4-6-13)17(10-23)24-21(15)22(27)25-18-11-31(28,29)12-19(18)26/h2-9,18-19,26H,11-12H2,1H3,(H,25,27)/t18-,19-/m1/s1. The fourth-order valence-electron chi connectivity index (χ4n) is 3.77. The van der Waals surface area contributed by atoms with Gasteiger partial charge in [-0.2, -0.15) is 5.26 Å². The number of nitrogens with zero attached hydrogens (tertiary/aromatic N) is 2. The number of carbonyl (C=O) groups is 1. The zero-order valence-corrected chi connectivity index (χ0v) is 17.4. The van der Waals surface area contributed by atoms with E-state index in [1.165, 1.54) is 7.11 Å². The number of ether oxygens (including phenoxy) is 1. The van der Waals surface area contributed by atoms with Gasteiger partial charge in [-0.3, -0.25) is 4.79 Å². The molecule has 0 radical (unpaired) electrons. The topological polar surface area (TPSA) is 129 Å². The third kappa shape index (κ3) is 3.95. The average Bonchev–Trinajstić information content (AvgIpc) is 3.03. The molecule has 2 heterocycles. The van der Waals surface area contributed by atoms with E-state index in [0.29, 0.717) is 22.1 Å². The number of nitrogens with one attached hydrogen (secondary N) is 1. The molecular formula is C22H19N3O5S. The number of hydrogen-bond acceptors (Lipinski definition) is 7. The van der Waals surface area contributed by atoms with E-state index in [2.05, 4.69) is 16.4 Å². The normalized spacial score (nSPS) is 19.6. The summed E-state index contributed by atoms with van der Waals surface area (Å²) >= 11 is 0. The van der Waals surface area contributed by atoms with E-state index in [9.17, 15) is 23.6 Å². The number of nitriles is 1. The van der Waals surface area contributed by atoms with Crippen molar-refractivity contribution in [2.75, 3.05) is 18.6 Å². The predicted octanol–water partition coefficient (Wildman–Crippen LogP) is 1.67. The van der Waals surface area contributed by atoms with Crippen molar-refractivity contribution in [1.29, 1.82) is 5.26 Å². The molecule has 31 heavy (non-hydrogen) atoms. The second kappa shape index (κ2) is 7.98. The predicted molar refractivity (Wildman–Crippen MR) is 114 cm³/mol. The van der Waals surface area contributed by atoms with Crippen molar-refractivity contribution in [2.24, 2.45) is 0 Å². The van der Waals surface area contributed by atoms with E-state index >= 15 is 0 Å². The quantitative estimate of drug-likeness (QED) is 0.635. The lowest BCUT2D eigenvalue weighted by Crippen LogP contribution is -2.43. The molecule has 0 bridgehead atoms. The van der Waals surface area contributed by atoms with Gasteiger partial charge in [0.2, 0.25) is 0 Å². The van der Waals surface area contributed by atoms with Crippen LogP contribution in [-0.4, -0.2) is 55.2 Å². The van der Waals surface area contributed by atoms with Crippen LogP contribution in [0.3, 0.4) is 0 Å². The number of aliphatic hydroxyl groups is 1. The summed E-state index contributed by atoms with van der Waals surface area (Å²) in [6.07, 6.45) is -1.20. The maximum absolute atomic E-state index is 13.0. The van der Waals surface area contributed by atoms with Crippen molar-refractivity contribution >= 4 is 26.5 Å². The number of fused-ring (bicyclic) bond motifs is 1. The van der Waals surface area contributed by atoms with Crippen LogP contribution in [0.25, 0.3) is 21.9 Å². The van der Waals surface area contributed by atoms with Gasteiger partial charge in [-0.05, 0) is 29.1 Å². The fraction of sp³-hybridized carbons (Fsp3) is 0.227. The summed E-state index contributed by atoms with van der Waals surface area (Å²) in [6.45, 7) is 0. The van der Waals surface area contributed by atoms with Gasteiger partial charge in [0.1, 0.15) is 23.2 Å². The van der Waals surface area contributed by atoms with Crippen molar-refractivity contribution in [3.63, 3.8) is 0 Å². The second-order valence-corrected chi connectivity index (χ2v) is 9.45. The second-order valence-electron chi connectivity index (χ2n) is 7.30. The summed E-state index contributed by atoms with van der Waals surface area (Å²) in [7, 11) is -1.91. The highest BCUT2D eigenvalue weighted by Gasteiger charge is 2.38. The van der Waals surface area contributed by atoms with Crippen LogP contribution in [0.15, 0.2) is 48.5 Å². The number of hydrogen-bond donors (Lipinski definition) is 2. The lowest BCUT2D eigenvalue weighted by molar-refractivity contribution is 0.0885. The summed E-state index contributed by atoms with van der Waals surface area (Å²) in [6, 6.07) is 15.4. The van der Waals surface area contributed by atoms with Gasteiger partial charge >= 0.3 is 0 Å². The summed E-state index contributed by atoms with van der Waals surface area (Å²) < 4.78 is 28.9. The number of carbonyl (C=O) groups excluding carboxylic acids is 1. The monoisotopic (exact) mass is 437 g/mol. The Balaban J connectivity index is 1.87. The highest BCUT2D eigenvalue weighted by Crippen LogP contribution is 2.35. The molecule has 158 valence electrons. The summed E-state index contributed by atoms with van der Waals surface area (Å²) in [5, 5.41) is 23.4. The van der Waals surface area contributed by atoms with Crippen LogP contribution in [0.5, 0.6) is 5.75 Å². The molecule has 1 aliphatic rings. The molecule has 1 fully saturated rings. The number of sulfone groups is 1. The Morgan fingerprint density at radius 1 is 1.19 bits per heavy atom. The summed E-state index contributed by atoms with van der Waals surface area (Å²) in [4.78, 5) is 17.3. The minimum absolute atomic E-state index is 0.0228. The molecule has 8 nitrogen and oxygen atoms in total. The molecule has 2 atom stereocenters. The molecule has 2 N–H and O–H groups in total. The molecule has 1 aromatic heterocycles. The molecule has 0 aliphatic carbocycles. The van der Waals surface area contributed by atoms with Gasteiger partial charge in [-0.1, -0.05) is 30.3 Å². The van der Waals surface area contributed by atoms with Crippen molar-refractivity contribution in [1.82, 2.24) is 10.3 Å². The van der Waals surface area contributed by atoms with Gasteiger partial charge in [0.25, 0.3) is 5.91 Å². The van der Waals surface area contributed by atoms with E-state index in [0.717, 1.165) is 5.56 Å². The number of methoxy groups -OCH3 is 1. The van der Waals surface area contributed by atoms with Gasteiger partial charge in [0.15, 0.2) is 9.84 Å². The number of aliphatic hydroxyl groups excluding tert-OH is 1. The number of benzene rings is 2. The lowest BCUT2D eigenvalue weighted by Gasteiger charge is -2.17. The molecule has 0 saturated carbocycles. The first-order chi connectivity index (χ1) is 14.8. The Kier molecular flexibility index (Phi) is 5.35. The largest absolute Gasteiger partial charge is 0.497 e. The van der Waals surface area contributed by atoms with Crippen molar-refractivity contribution in [3.8, 4) is 22.9 Å². The van der Waals surface area contributed by atoms with E-state index in [4.69, 9.17) is 4.74 Å². The van der Waals surface area contributed by atoms with E-state index < -0.39 is 33.6 Å². The third-order valence-electron chi connectivity index (χ3n) is 5.23. The first kappa shape index (κ1) is 20.8. The molecule has 1 aliphatic heterocycles. The fourth-order valence-corrected chi connectivity index (χ4v) is 5.52. The smallest absolute Gasteiger partial charge is 0.270 e. The first-order valence-corrected chi connectivity index (χ1v) is 11.3. The highest BCUT2D eigenvalue weighted by molar-refractivity contribution is 7.91. The molecule has 3 aromatic rings. The number of rotatable bonds is 4. The Labute approximate surface area is 179 Å². The van der Waals surface area contributed by atoms with E-state index in [1.807, 2.05) is 30.3 Å². The Bertz CT molecular complexity index is 1320. The average molecular weight is 437 g/mol. The minimum Gasteiger partial charge on any atom is -0.497 e. The molecule has 9 heteroatoms. The Morgan fingerprint density at radius 3 is 2.55 bits per heavy atom. The Hall–Kier alpha value is -3.48. The Morgan fingerprint density at radius 2 is 1.94 bits per heavy atom. The SMILES string of the molecule is COc1ccc2c(C(=O)N[C@@H]3CS(=O)(=O)C[C@H]3O)nc(C#N)c(-c3ccccc3)c2c1. The van der Waals surface area contributed by atoms with Crippen LogP contribution >= 0.6 is 0 Å². The van der Waals surface area contributed by atoms with Gasteiger partial charge in [0, 0.05) is 10.9 Å². The van der Waals surface area contributed by atoms with Gasteiger partial charge < -0.3 is 15.2 Å². The van der Waals surface area contributed by atoms with Crippen molar-refractivity contribution in [3.05, 3.63) is 59.9 Å². The van der Waals surface area contributed by atoms with Crippen LogP contribution in [0.4, 0.5) is 0 Å². The highest BCUT2D eigenvalue weighted by atomic mass is 32.2. The van der Waals surface area contributed by atoms with E-state index in [1.54, 1.807) is 18.2 Å². The maximum Gasteiger partial charge on any atom is 0.270 e. The molecular weight excluding hydrogens is 418 g/mol. The molecule has 1 amide bonds. The van der Waals surface area contributed by atoms with Crippen molar-refractivity contribution < 1.29 is 23.1 Å². The molecule has 1 saturated heterocycles. The van der Waals surface area contributed by atoms with Gasteiger partial charge in [0.05, 0.1) is 30.8 Å². The van der Waals surface area contributed by atoms with E-state index in [-0.39, 0.29) is 17.1 Å². The zero-order valence-electron chi connectivity index (χ0n) is 16.6.